The molecule has 1 unspecified atom stereocenters. The summed E-state index contributed by atoms with van der Waals surface area (Å²) in [7, 11) is 0. The number of fused-ring (bicyclic) bond motifs is 1. The summed E-state index contributed by atoms with van der Waals surface area (Å²) in [5.74, 6) is -0.212. The summed E-state index contributed by atoms with van der Waals surface area (Å²) in [6.07, 6.45) is 2.25. The van der Waals surface area contributed by atoms with Crippen LogP contribution in [0.4, 0.5) is 0 Å². The van der Waals surface area contributed by atoms with Gasteiger partial charge in [-0.1, -0.05) is 0 Å². The van der Waals surface area contributed by atoms with Crippen molar-refractivity contribution in [3.8, 4) is 11.5 Å². The van der Waals surface area contributed by atoms with Gasteiger partial charge in [0.2, 0.25) is 5.91 Å². The van der Waals surface area contributed by atoms with Crippen LogP contribution in [-0.4, -0.2) is 34.2 Å². The number of carboxylic acids is 1. The van der Waals surface area contributed by atoms with E-state index in [1.54, 1.807) is 0 Å². The predicted octanol–water partition coefficient (Wildman–Crippen LogP) is 2.38. The molecule has 132 valence electrons. The molecule has 6 heteroatoms. The Morgan fingerprint density at radius 1 is 1.21 bits per heavy atom. The standard InChI is InChI=1S/C18H25NO5/c1-10-11(2)17-13(12(3)16(10)23)5-7-18(4,24-17)8-6-14(20)19-9-15(21)22/h23H,5-9H2,1-4H3,(H,19,20)(H,21,22). The van der Waals surface area contributed by atoms with E-state index in [4.69, 9.17) is 9.84 Å². The second-order valence-electron chi connectivity index (χ2n) is 6.75. The lowest BCUT2D eigenvalue weighted by Crippen LogP contribution is -2.39. The largest absolute Gasteiger partial charge is 0.507 e. The van der Waals surface area contributed by atoms with Crippen molar-refractivity contribution < 1.29 is 24.5 Å². The minimum atomic E-state index is -1.06. The number of ether oxygens (including phenoxy) is 1. The maximum Gasteiger partial charge on any atom is 0.322 e. The van der Waals surface area contributed by atoms with Gasteiger partial charge in [-0.25, -0.2) is 0 Å². The van der Waals surface area contributed by atoms with Gasteiger partial charge in [-0.3, -0.25) is 9.59 Å². The molecule has 0 saturated carbocycles. The monoisotopic (exact) mass is 335 g/mol. The number of rotatable bonds is 5. The fraction of sp³-hybridized carbons (Fsp3) is 0.556. The summed E-state index contributed by atoms with van der Waals surface area (Å²) in [6, 6.07) is 0. The second-order valence-corrected chi connectivity index (χ2v) is 6.75. The number of amides is 1. The van der Waals surface area contributed by atoms with Crippen LogP contribution in [0.3, 0.4) is 0 Å². The third kappa shape index (κ3) is 3.63. The molecule has 1 heterocycles. The fourth-order valence-electron chi connectivity index (χ4n) is 3.11. The van der Waals surface area contributed by atoms with E-state index < -0.39 is 11.6 Å². The Kier molecular flexibility index (Phi) is 5.06. The molecule has 0 radical (unpaired) electrons. The van der Waals surface area contributed by atoms with Crippen molar-refractivity contribution in [3.63, 3.8) is 0 Å². The molecular weight excluding hydrogens is 310 g/mol. The van der Waals surface area contributed by atoms with Crippen LogP contribution in [0.25, 0.3) is 0 Å². The van der Waals surface area contributed by atoms with Crippen molar-refractivity contribution in [2.75, 3.05) is 6.54 Å². The summed E-state index contributed by atoms with van der Waals surface area (Å²) in [6.45, 7) is 7.30. The van der Waals surface area contributed by atoms with Crippen LogP contribution in [-0.2, 0) is 16.0 Å². The quantitative estimate of drug-likeness (QED) is 0.768. The van der Waals surface area contributed by atoms with E-state index >= 15 is 0 Å². The predicted molar refractivity (Wildman–Crippen MR) is 89.6 cm³/mol. The number of phenolic OH excluding ortho intramolecular Hbond substituents is 1. The highest BCUT2D eigenvalue weighted by atomic mass is 16.5. The summed E-state index contributed by atoms with van der Waals surface area (Å²) < 4.78 is 6.24. The number of aliphatic carboxylic acids is 1. The molecule has 1 atom stereocenters. The van der Waals surface area contributed by atoms with Crippen LogP contribution in [0, 0.1) is 20.8 Å². The Labute approximate surface area is 141 Å². The molecule has 0 bridgehead atoms. The second kappa shape index (κ2) is 6.71. The average Bonchev–Trinajstić information content (AvgIpc) is 2.54. The van der Waals surface area contributed by atoms with E-state index in [0.717, 1.165) is 40.8 Å². The molecule has 0 aliphatic carbocycles. The number of phenols is 1. The lowest BCUT2D eigenvalue weighted by atomic mass is 9.85. The third-order valence-electron chi connectivity index (χ3n) is 4.91. The van der Waals surface area contributed by atoms with E-state index in [2.05, 4.69) is 5.32 Å². The van der Waals surface area contributed by atoms with Crippen molar-refractivity contribution in [3.05, 3.63) is 22.3 Å². The van der Waals surface area contributed by atoms with E-state index in [1.165, 1.54) is 0 Å². The zero-order valence-corrected chi connectivity index (χ0v) is 14.7. The Morgan fingerprint density at radius 2 is 1.88 bits per heavy atom. The lowest BCUT2D eigenvalue weighted by Gasteiger charge is -2.38. The maximum absolute atomic E-state index is 11.7. The number of benzene rings is 1. The zero-order chi connectivity index (χ0) is 18.1. The van der Waals surface area contributed by atoms with Gasteiger partial charge < -0.3 is 20.3 Å². The Morgan fingerprint density at radius 3 is 2.50 bits per heavy atom. The van der Waals surface area contributed by atoms with Crippen molar-refractivity contribution >= 4 is 11.9 Å². The summed E-state index contributed by atoms with van der Waals surface area (Å²) in [5.41, 5.74) is 3.15. The van der Waals surface area contributed by atoms with Crippen LogP contribution in [0.1, 0.15) is 48.4 Å². The van der Waals surface area contributed by atoms with Gasteiger partial charge in [0.15, 0.2) is 0 Å². The van der Waals surface area contributed by atoms with Gasteiger partial charge in [0.1, 0.15) is 23.6 Å². The van der Waals surface area contributed by atoms with E-state index in [-0.39, 0.29) is 18.9 Å². The smallest absolute Gasteiger partial charge is 0.322 e. The first-order valence-corrected chi connectivity index (χ1v) is 8.14. The summed E-state index contributed by atoms with van der Waals surface area (Å²) in [5, 5.41) is 21.1. The fourth-order valence-corrected chi connectivity index (χ4v) is 3.11. The third-order valence-corrected chi connectivity index (χ3v) is 4.91. The van der Waals surface area contributed by atoms with Gasteiger partial charge in [-0.05, 0) is 63.6 Å². The SMILES string of the molecule is Cc1c(C)c2c(c(C)c1O)CCC(C)(CCC(=O)NCC(=O)O)O2. The molecular formula is C18H25NO5. The van der Waals surface area contributed by atoms with Gasteiger partial charge in [-0.15, -0.1) is 0 Å². The van der Waals surface area contributed by atoms with Gasteiger partial charge >= 0.3 is 5.97 Å². The lowest BCUT2D eigenvalue weighted by molar-refractivity contribution is -0.138. The number of aromatic hydroxyl groups is 1. The minimum absolute atomic E-state index is 0.216. The van der Waals surface area contributed by atoms with Crippen molar-refractivity contribution in [1.82, 2.24) is 5.32 Å². The zero-order valence-electron chi connectivity index (χ0n) is 14.7. The minimum Gasteiger partial charge on any atom is -0.507 e. The number of nitrogens with one attached hydrogen (secondary N) is 1. The number of carbonyl (C=O) groups excluding carboxylic acids is 1. The molecule has 0 fully saturated rings. The Hall–Kier alpha value is -2.24. The molecule has 1 aliphatic heterocycles. The van der Waals surface area contributed by atoms with E-state index in [0.29, 0.717) is 12.2 Å². The van der Waals surface area contributed by atoms with Crippen molar-refractivity contribution in [2.24, 2.45) is 0 Å². The normalized spacial score (nSPS) is 19.3. The highest BCUT2D eigenvalue weighted by molar-refractivity contribution is 5.81. The maximum atomic E-state index is 11.7. The van der Waals surface area contributed by atoms with E-state index in [9.17, 15) is 14.7 Å². The number of carboxylic acid groups (broad SMARTS) is 1. The van der Waals surface area contributed by atoms with Crippen LogP contribution in [0.2, 0.25) is 0 Å². The number of hydrogen-bond donors (Lipinski definition) is 3. The highest BCUT2D eigenvalue weighted by Crippen LogP contribution is 2.44. The van der Waals surface area contributed by atoms with Crippen molar-refractivity contribution in [1.29, 1.82) is 0 Å². The van der Waals surface area contributed by atoms with Crippen LogP contribution in [0.5, 0.6) is 11.5 Å². The molecule has 0 saturated heterocycles. The van der Waals surface area contributed by atoms with Gasteiger partial charge in [0, 0.05) is 12.0 Å². The first kappa shape index (κ1) is 18.1. The first-order valence-electron chi connectivity index (χ1n) is 8.14. The van der Waals surface area contributed by atoms with Crippen molar-refractivity contribution in [2.45, 2.75) is 59.0 Å². The molecule has 0 spiro atoms. The van der Waals surface area contributed by atoms with Crippen LogP contribution < -0.4 is 10.1 Å². The topological polar surface area (TPSA) is 95.9 Å². The van der Waals surface area contributed by atoms with Gasteiger partial charge in [-0.2, -0.15) is 0 Å². The molecule has 3 N–H and O–H groups in total. The molecule has 24 heavy (non-hydrogen) atoms. The van der Waals surface area contributed by atoms with Gasteiger partial charge in [0.25, 0.3) is 0 Å². The highest BCUT2D eigenvalue weighted by Gasteiger charge is 2.34. The first-order chi connectivity index (χ1) is 11.1. The number of hydrogen-bond acceptors (Lipinski definition) is 4. The molecule has 1 aromatic carbocycles. The molecule has 2 rings (SSSR count). The molecule has 1 amide bonds. The Balaban J connectivity index is 2.11. The van der Waals surface area contributed by atoms with Gasteiger partial charge in [0.05, 0.1) is 0 Å². The molecule has 1 aromatic rings. The van der Waals surface area contributed by atoms with Crippen LogP contribution >= 0.6 is 0 Å². The molecule has 6 nitrogen and oxygen atoms in total. The molecule has 0 aromatic heterocycles. The average molecular weight is 335 g/mol. The van der Waals surface area contributed by atoms with E-state index in [1.807, 2.05) is 27.7 Å². The number of carbonyl (C=O) groups is 2. The van der Waals surface area contributed by atoms with Crippen LogP contribution in [0.15, 0.2) is 0 Å². The summed E-state index contributed by atoms with van der Waals surface area (Å²) >= 11 is 0. The Bertz CT molecular complexity index is 683. The molecule has 1 aliphatic rings. The summed E-state index contributed by atoms with van der Waals surface area (Å²) in [4.78, 5) is 22.2.